The second kappa shape index (κ2) is 5.80. The molecule has 6 heteroatoms. The SMILES string of the molecule is CNc1ccc(C(=O)N(C)c2cccc(C#N)c2)nn1. The monoisotopic (exact) mass is 267 g/mol. The number of carbonyl (C=O) groups excluding carboxylic acids is 1. The van der Waals surface area contributed by atoms with Crippen molar-refractivity contribution < 1.29 is 4.79 Å². The lowest BCUT2D eigenvalue weighted by molar-refractivity contribution is 0.0987. The van der Waals surface area contributed by atoms with Gasteiger partial charge in [0, 0.05) is 19.8 Å². The van der Waals surface area contributed by atoms with Crippen molar-refractivity contribution in [2.75, 3.05) is 24.3 Å². The van der Waals surface area contributed by atoms with Gasteiger partial charge in [0.2, 0.25) is 0 Å². The van der Waals surface area contributed by atoms with Crippen LogP contribution in [0.15, 0.2) is 36.4 Å². The molecule has 0 atom stereocenters. The summed E-state index contributed by atoms with van der Waals surface area (Å²) >= 11 is 0. The van der Waals surface area contributed by atoms with Gasteiger partial charge >= 0.3 is 0 Å². The second-order valence-electron chi connectivity index (χ2n) is 4.08. The Morgan fingerprint density at radius 3 is 2.70 bits per heavy atom. The van der Waals surface area contributed by atoms with E-state index in [1.807, 2.05) is 6.07 Å². The van der Waals surface area contributed by atoms with E-state index in [4.69, 9.17) is 5.26 Å². The maximum Gasteiger partial charge on any atom is 0.278 e. The van der Waals surface area contributed by atoms with Crippen molar-refractivity contribution in [3.05, 3.63) is 47.7 Å². The molecule has 2 aromatic rings. The molecule has 0 fully saturated rings. The number of carbonyl (C=O) groups is 1. The summed E-state index contributed by atoms with van der Waals surface area (Å²) in [5, 5.41) is 19.4. The third kappa shape index (κ3) is 2.72. The summed E-state index contributed by atoms with van der Waals surface area (Å²) in [7, 11) is 3.36. The first-order valence-electron chi connectivity index (χ1n) is 5.95. The van der Waals surface area contributed by atoms with Gasteiger partial charge in [0.05, 0.1) is 11.6 Å². The maximum absolute atomic E-state index is 12.3. The van der Waals surface area contributed by atoms with E-state index in [9.17, 15) is 4.79 Å². The van der Waals surface area contributed by atoms with E-state index in [-0.39, 0.29) is 11.6 Å². The fraction of sp³-hybridized carbons (Fsp3) is 0.143. The van der Waals surface area contributed by atoms with Gasteiger partial charge in [-0.2, -0.15) is 5.26 Å². The Kier molecular flexibility index (Phi) is 3.91. The Balaban J connectivity index is 2.25. The van der Waals surface area contributed by atoms with E-state index in [1.54, 1.807) is 50.5 Å². The number of hydrogen-bond acceptors (Lipinski definition) is 5. The highest BCUT2D eigenvalue weighted by Crippen LogP contribution is 2.16. The molecule has 1 N–H and O–H groups in total. The number of nitriles is 1. The Hall–Kier alpha value is -2.94. The fourth-order valence-electron chi connectivity index (χ4n) is 1.65. The highest BCUT2D eigenvalue weighted by molar-refractivity contribution is 6.04. The molecule has 0 unspecified atom stereocenters. The molecule has 0 saturated heterocycles. The molecular weight excluding hydrogens is 254 g/mol. The molecule has 0 aliphatic carbocycles. The lowest BCUT2D eigenvalue weighted by Gasteiger charge is -2.16. The zero-order valence-corrected chi connectivity index (χ0v) is 11.2. The van der Waals surface area contributed by atoms with Gasteiger partial charge in [-0.05, 0) is 30.3 Å². The van der Waals surface area contributed by atoms with Crippen LogP contribution >= 0.6 is 0 Å². The van der Waals surface area contributed by atoms with Gasteiger partial charge in [0.15, 0.2) is 5.69 Å². The van der Waals surface area contributed by atoms with Crippen LogP contribution < -0.4 is 10.2 Å². The van der Waals surface area contributed by atoms with Crippen LogP contribution in [0, 0.1) is 11.3 Å². The number of aromatic nitrogens is 2. The van der Waals surface area contributed by atoms with Crippen molar-refractivity contribution >= 4 is 17.4 Å². The van der Waals surface area contributed by atoms with Crippen molar-refractivity contribution in [2.24, 2.45) is 0 Å². The zero-order valence-electron chi connectivity index (χ0n) is 11.2. The van der Waals surface area contributed by atoms with Crippen LogP contribution in [0.25, 0.3) is 0 Å². The predicted molar refractivity (Wildman–Crippen MR) is 75.5 cm³/mol. The Bertz CT molecular complexity index is 660. The Morgan fingerprint density at radius 2 is 2.10 bits per heavy atom. The maximum atomic E-state index is 12.3. The lowest BCUT2D eigenvalue weighted by atomic mass is 10.2. The molecule has 0 bridgehead atoms. The normalized spacial score (nSPS) is 9.65. The summed E-state index contributed by atoms with van der Waals surface area (Å²) < 4.78 is 0. The zero-order chi connectivity index (χ0) is 14.5. The van der Waals surface area contributed by atoms with Crippen LogP contribution in [0.1, 0.15) is 16.1 Å². The molecule has 1 amide bonds. The molecule has 0 aliphatic rings. The summed E-state index contributed by atoms with van der Waals surface area (Å²) in [4.78, 5) is 13.7. The first-order valence-corrected chi connectivity index (χ1v) is 5.95. The van der Waals surface area contributed by atoms with Gasteiger partial charge in [-0.1, -0.05) is 6.07 Å². The van der Waals surface area contributed by atoms with E-state index in [0.29, 0.717) is 17.1 Å². The molecule has 0 radical (unpaired) electrons. The number of rotatable bonds is 3. The van der Waals surface area contributed by atoms with E-state index in [0.717, 1.165) is 0 Å². The van der Waals surface area contributed by atoms with E-state index < -0.39 is 0 Å². The van der Waals surface area contributed by atoms with E-state index >= 15 is 0 Å². The minimum atomic E-state index is -0.282. The molecule has 100 valence electrons. The fourth-order valence-corrected chi connectivity index (χ4v) is 1.65. The van der Waals surface area contributed by atoms with Gasteiger partial charge in [0.25, 0.3) is 5.91 Å². The van der Waals surface area contributed by atoms with Crippen LogP contribution in [0.5, 0.6) is 0 Å². The quantitative estimate of drug-likeness (QED) is 0.914. The molecule has 1 aromatic carbocycles. The molecular formula is C14H13N5O. The largest absolute Gasteiger partial charge is 0.372 e. The van der Waals surface area contributed by atoms with Crippen LogP contribution in [-0.2, 0) is 0 Å². The highest BCUT2D eigenvalue weighted by atomic mass is 16.2. The molecule has 6 nitrogen and oxygen atoms in total. The van der Waals surface area contributed by atoms with Gasteiger partial charge < -0.3 is 10.2 Å². The van der Waals surface area contributed by atoms with E-state index in [2.05, 4.69) is 15.5 Å². The summed E-state index contributed by atoms with van der Waals surface area (Å²) in [6, 6.07) is 12.1. The number of benzene rings is 1. The van der Waals surface area contributed by atoms with E-state index in [1.165, 1.54) is 4.90 Å². The van der Waals surface area contributed by atoms with Gasteiger partial charge in [-0.3, -0.25) is 4.79 Å². The predicted octanol–water partition coefficient (Wildman–Crippen LogP) is 1.67. The number of anilines is 2. The molecule has 1 aromatic heterocycles. The van der Waals surface area contributed by atoms with Crippen LogP contribution in [0.2, 0.25) is 0 Å². The summed E-state index contributed by atoms with van der Waals surface area (Å²) in [6.45, 7) is 0. The second-order valence-corrected chi connectivity index (χ2v) is 4.08. The van der Waals surface area contributed by atoms with Gasteiger partial charge in [-0.15, -0.1) is 10.2 Å². The minimum Gasteiger partial charge on any atom is -0.372 e. The van der Waals surface area contributed by atoms with Crippen LogP contribution in [0.3, 0.4) is 0 Å². The molecule has 20 heavy (non-hydrogen) atoms. The average molecular weight is 267 g/mol. The first-order chi connectivity index (χ1) is 9.65. The third-order valence-corrected chi connectivity index (χ3v) is 2.81. The molecule has 2 rings (SSSR count). The molecule has 0 aliphatic heterocycles. The van der Waals surface area contributed by atoms with Crippen molar-refractivity contribution in [2.45, 2.75) is 0 Å². The van der Waals surface area contributed by atoms with Crippen molar-refractivity contribution in [1.29, 1.82) is 5.26 Å². The number of nitrogens with zero attached hydrogens (tertiary/aromatic N) is 4. The average Bonchev–Trinajstić information content (AvgIpc) is 2.53. The summed E-state index contributed by atoms with van der Waals surface area (Å²) in [6.07, 6.45) is 0. The molecule has 0 saturated carbocycles. The van der Waals surface area contributed by atoms with Crippen LogP contribution in [0.4, 0.5) is 11.5 Å². The number of nitrogens with one attached hydrogen (secondary N) is 1. The standard InChI is InChI=1S/C14H13N5O/c1-16-13-7-6-12(17-18-13)14(20)19(2)11-5-3-4-10(8-11)9-15/h3-8H,1-2H3,(H,16,18). The minimum absolute atomic E-state index is 0.244. The Morgan fingerprint density at radius 1 is 1.30 bits per heavy atom. The molecule has 1 heterocycles. The highest BCUT2D eigenvalue weighted by Gasteiger charge is 2.15. The van der Waals surface area contributed by atoms with Gasteiger partial charge in [0.1, 0.15) is 5.82 Å². The summed E-state index contributed by atoms with van der Waals surface area (Å²) in [5.74, 6) is 0.311. The first kappa shape index (κ1) is 13.5. The topological polar surface area (TPSA) is 81.9 Å². The van der Waals surface area contributed by atoms with Crippen molar-refractivity contribution in [1.82, 2.24) is 10.2 Å². The smallest absolute Gasteiger partial charge is 0.278 e. The summed E-state index contributed by atoms with van der Waals surface area (Å²) in [5.41, 5.74) is 1.38. The van der Waals surface area contributed by atoms with Gasteiger partial charge in [-0.25, -0.2) is 0 Å². The van der Waals surface area contributed by atoms with Crippen LogP contribution in [-0.4, -0.2) is 30.2 Å². The Labute approximate surface area is 116 Å². The van der Waals surface area contributed by atoms with Crippen molar-refractivity contribution in [3.8, 4) is 6.07 Å². The third-order valence-electron chi connectivity index (χ3n) is 2.81. The number of amides is 1. The molecule has 0 spiro atoms. The van der Waals surface area contributed by atoms with Crippen molar-refractivity contribution in [3.63, 3.8) is 0 Å². The number of hydrogen-bond donors (Lipinski definition) is 1. The lowest BCUT2D eigenvalue weighted by Crippen LogP contribution is -2.27.